The molecular weight excluding hydrogens is 564 g/mol. The van der Waals surface area contributed by atoms with Crippen LogP contribution in [-0.2, 0) is 27.2 Å². The van der Waals surface area contributed by atoms with Gasteiger partial charge in [0.1, 0.15) is 18.4 Å². The number of hydrogen-bond donors (Lipinski definition) is 2. The van der Waals surface area contributed by atoms with Crippen LogP contribution in [-0.4, -0.2) is 78.6 Å². The van der Waals surface area contributed by atoms with E-state index in [1.807, 2.05) is 77.7 Å². The summed E-state index contributed by atoms with van der Waals surface area (Å²) < 4.78 is 11.5. The number of aromatic amines is 1. The minimum atomic E-state index is -0.689. The van der Waals surface area contributed by atoms with Crippen LogP contribution in [0.4, 0.5) is 0 Å². The molecule has 2 atom stereocenters. The highest BCUT2D eigenvalue weighted by molar-refractivity contribution is 6.31. The van der Waals surface area contributed by atoms with Crippen LogP contribution in [0, 0.1) is 0 Å². The van der Waals surface area contributed by atoms with Crippen LogP contribution in [0.15, 0.2) is 72.8 Å². The molecule has 1 aromatic heterocycles. The maximum absolute atomic E-state index is 14.3. The molecule has 2 amide bonds. The Labute approximate surface area is 256 Å². The van der Waals surface area contributed by atoms with Crippen LogP contribution < -0.4 is 10.1 Å². The summed E-state index contributed by atoms with van der Waals surface area (Å²) in [6.07, 6.45) is 1.09. The van der Waals surface area contributed by atoms with E-state index in [0.29, 0.717) is 31.0 Å². The summed E-state index contributed by atoms with van der Waals surface area (Å²) in [6.45, 7) is 6.80. The summed E-state index contributed by atoms with van der Waals surface area (Å²) in [5, 5.41) is 4.68. The number of rotatable bonds is 9. The smallest absolute Gasteiger partial charge is 0.246 e. The molecular formula is C34H37ClN4O4. The molecule has 0 saturated carbocycles. The maximum atomic E-state index is 14.3. The van der Waals surface area contributed by atoms with E-state index in [-0.39, 0.29) is 17.9 Å². The highest BCUT2D eigenvalue weighted by atomic mass is 35.5. The van der Waals surface area contributed by atoms with Gasteiger partial charge >= 0.3 is 0 Å². The largest absolute Gasteiger partial charge is 0.492 e. The van der Waals surface area contributed by atoms with Crippen molar-refractivity contribution < 1.29 is 19.1 Å². The van der Waals surface area contributed by atoms with Gasteiger partial charge in [0.15, 0.2) is 0 Å². The number of hydrogen-bond acceptors (Lipinski definition) is 5. The second-order valence-electron chi connectivity index (χ2n) is 11.2. The lowest BCUT2D eigenvalue weighted by molar-refractivity contribution is -0.138. The molecule has 0 bridgehead atoms. The number of nitrogens with zero attached hydrogens (tertiary/aromatic N) is 2. The van der Waals surface area contributed by atoms with E-state index in [1.165, 1.54) is 6.92 Å². The molecule has 2 aliphatic rings. The fraction of sp³-hybridized carbons (Fsp3) is 0.353. The van der Waals surface area contributed by atoms with Crippen molar-refractivity contribution in [1.82, 2.24) is 20.1 Å². The zero-order valence-electron chi connectivity index (χ0n) is 24.4. The SMILES string of the molecule is CC(=O)N[C@@H](Cc1ccccc1)C(=O)N1CCc2c([nH]c3ccc(Cl)cc23)C1c1ccc(OCCN2CCOCC2)cc1. The third-order valence-corrected chi connectivity index (χ3v) is 8.54. The standard InChI is InChI=1S/C34H37ClN4O4/c1-23(40)36-31(21-24-5-3-2-4-6-24)34(41)39-14-13-28-29-22-26(35)9-12-30(29)37-32(28)33(39)25-7-10-27(11-8-25)43-20-17-38-15-18-42-19-16-38/h2-12,22,31,33,37H,13-21H2,1H3,(H,36,40)/t31-,33?/m0/s1. The van der Waals surface area contributed by atoms with Crippen molar-refractivity contribution >= 4 is 34.3 Å². The number of ether oxygens (including phenoxy) is 2. The molecule has 8 nitrogen and oxygen atoms in total. The van der Waals surface area contributed by atoms with Gasteiger partial charge in [-0.2, -0.15) is 0 Å². The zero-order valence-corrected chi connectivity index (χ0v) is 25.1. The second kappa shape index (κ2) is 13.2. The molecule has 3 aromatic carbocycles. The van der Waals surface area contributed by atoms with Gasteiger partial charge in [-0.05, 0) is 53.4 Å². The molecule has 0 radical (unpaired) electrons. The number of H-pyrrole nitrogens is 1. The van der Waals surface area contributed by atoms with Crippen molar-refractivity contribution in [1.29, 1.82) is 0 Å². The molecule has 0 aliphatic carbocycles. The number of nitrogens with one attached hydrogen (secondary N) is 2. The molecule has 224 valence electrons. The number of carbonyl (C=O) groups is 2. The Bertz CT molecular complexity index is 1570. The van der Waals surface area contributed by atoms with Gasteiger partial charge in [-0.15, -0.1) is 0 Å². The van der Waals surface area contributed by atoms with Crippen molar-refractivity contribution in [2.75, 3.05) is 46.0 Å². The van der Waals surface area contributed by atoms with E-state index in [4.69, 9.17) is 21.1 Å². The predicted molar refractivity (Wildman–Crippen MR) is 168 cm³/mol. The van der Waals surface area contributed by atoms with E-state index in [1.54, 1.807) is 0 Å². The topological polar surface area (TPSA) is 86.9 Å². The second-order valence-corrected chi connectivity index (χ2v) is 11.6. The Morgan fingerprint density at radius 2 is 1.81 bits per heavy atom. The first-order valence-corrected chi connectivity index (χ1v) is 15.3. The summed E-state index contributed by atoms with van der Waals surface area (Å²) >= 11 is 6.38. The van der Waals surface area contributed by atoms with Crippen LogP contribution in [0.2, 0.25) is 5.02 Å². The van der Waals surface area contributed by atoms with Crippen molar-refractivity contribution in [3.8, 4) is 5.75 Å². The van der Waals surface area contributed by atoms with Gasteiger partial charge in [0.2, 0.25) is 11.8 Å². The first-order valence-electron chi connectivity index (χ1n) is 14.9. The van der Waals surface area contributed by atoms with E-state index < -0.39 is 6.04 Å². The van der Waals surface area contributed by atoms with Crippen LogP contribution in [0.1, 0.15) is 35.3 Å². The molecule has 2 aliphatic heterocycles. The monoisotopic (exact) mass is 600 g/mol. The number of halogens is 1. The van der Waals surface area contributed by atoms with Crippen molar-refractivity contribution in [3.05, 3.63) is 100 Å². The first-order chi connectivity index (χ1) is 21.0. The van der Waals surface area contributed by atoms with E-state index >= 15 is 0 Å². The summed E-state index contributed by atoms with van der Waals surface area (Å²) in [4.78, 5) is 34.4. The molecule has 4 aromatic rings. The highest BCUT2D eigenvalue weighted by Crippen LogP contribution is 2.40. The van der Waals surface area contributed by atoms with Crippen LogP contribution in [0.5, 0.6) is 5.75 Å². The normalized spacial score (nSPS) is 17.8. The molecule has 9 heteroatoms. The van der Waals surface area contributed by atoms with Gasteiger partial charge in [-0.25, -0.2) is 0 Å². The third kappa shape index (κ3) is 6.72. The average Bonchev–Trinajstić information content (AvgIpc) is 3.39. The molecule has 2 N–H and O–H groups in total. The van der Waals surface area contributed by atoms with E-state index in [0.717, 1.165) is 71.9 Å². The van der Waals surface area contributed by atoms with Crippen molar-refractivity contribution in [3.63, 3.8) is 0 Å². The molecule has 1 fully saturated rings. The van der Waals surface area contributed by atoms with Crippen LogP contribution in [0.3, 0.4) is 0 Å². The van der Waals surface area contributed by atoms with E-state index in [2.05, 4.69) is 15.2 Å². The lowest BCUT2D eigenvalue weighted by Gasteiger charge is -2.38. The van der Waals surface area contributed by atoms with Gasteiger partial charge < -0.3 is 24.7 Å². The predicted octanol–water partition coefficient (Wildman–Crippen LogP) is 4.75. The Morgan fingerprint density at radius 3 is 2.56 bits per heavy atom. The average molecular weight is 601 g/mol. The van der Waals surface area contributed by atoms with Crippen LogP contribution >= 0.6 is 11.6 Å². The Balaban J connectivity index is 1.29. The summed E-state index contributed by atoms with van der Waals surface area (Å²) in [5.41, 5.74) is 5.08. The number of amides is 2. The summed E-state index contributed by atoms with van der Waals surface area (Å²) in [7, 11) is 0. The number of benzene rings is 3. The number of fused-ring (bicyclic) bond motifs is 3. The Morgan fingerprint density at radius 1 is 1.05 bits per heavy atom. The van der Waals surface area contributed by atoms with Crippen LogP contribution in [0.25, 0.3) is 10.9 Å². The summed E-state index contributed by atoms with van der Waals surface area (Å²) in [6, 6.07) is 22.6. The first kappa shape index (κ1) is 29.2. The third-order valence-electron chi connectivity index (χ3n) is 8.31. The lowest BCUT2D eigenvalue weighted by atomic mass is 9.91. The number of aromatic nitrogens is 1. The van der Waals surface area contributed by atoms with Gasteiger partial charge in [-0.1, -0.05) is 54.1 Å². The number of morpholine rings is 1. The minimum Gasteiger partial charge on any atom is -0.492 e. The zero-order chi connectivity index (χ0) is 29.8. The molecule has 0 spiro atoms. The highest BCUT2D eigenvalue weighted by Gasteiger charge is 2.37. The van der Waals surface area contributed by atoms with Crippen molar-refractivity contribution in [2.24, 2.45) is 0 Å². The maximum Gasteiger partial charge on any atom is 0.246 e. The van der Waals surface area contributed by atoms with Gasteiger partial charge in [0.05, 0.1) is 19.3 Å². The molecule has 1 unspecified atom stereocenters. The van der Waals surface area contributed by atoms with Crippen molar-refractivity contribution in [2.45, 2.75) is 31.8 Å². The van der Waals surface area contributed by atoms with E-state index in [9.17, 15) is 9.59 Å². The van der Waals surface area contributed by atoms with Gasteiger partial charge in [0, 0.05) is 61.1 Å². The molecule has 3 heterocycles. The summed E-state index contributed by atoms with van der Waals surface area (Å²) in [5.74, 6) is 0.439. The minimum absolute atomic E-state index is 0.114. The quantitative estimate of drug-likeness (QED) is 0.289. The Kier molecular flexibility index (Phi) is 8.98. The molecule has 6 rings (SSSR count). The fourth-order valence-electron chi connectivity index (χ4n) is 6.20. The number of carbonyl (C=O) groups excluding carboxylic acids is 2. The van der Waals surface area contributed by atoms with Gasteiger partial charge in [0.25, 0.3) is 0 Å². The Hall–Kier alpha value is -3.85. The molecule has 1 saturated heterocycles. The lowest BCUT2D eigenvalue weighted by Crippen LogP contribution is -2.52. The van der Waals surface area contributed by atoms with Gasteiger partial charge in [-0.3, -0.25) is 14.5 Å². The fourth-order valence-corrected chi connectivity index (χ4v) is 6.38. The molecule has 43 heavy (non-hydrogen) atoms.